The Morgan fingerprint density at radius 3 is 1.83 bits per heavy atom. The van der Waals surface area contributed by atoms with Crippen LogP contribution in [0.15, 0.2) is 0 Å². The Labute approximate surface area is 218 Å². The zero-order valence-corrected chi connectivity index (χ0v) is 23.6. The molecular weight excluding hydrogens is 485 g/mol. The number of ether oxygens (including phenoxy) is 1. The van der Waals surface area contributed by atoms with Gasteiger partial charge in [-0.25, -0.2) is 4.57 Å². The Balaban J connectivity index is 3.64. The summed E-state index contributed by atoms with van der Waals surface area (Å²) in [4.78, 5) is 33.0. The molecule has 0 aromatic carbocycles. The molecule has 0 aliphatic rings. The summed E-state index contributed by atoms with van der Waals surface area (Å²) in [6, 6.07) is 0. The summed E-state index contributed by atoms with van der Waals surface area (Å²) in [7, 11) is -4.37. The number of phosphoric ester groups is 1. The number of aliphatic hydroxyl groups is 1. The van der Waals surface area contributed by atoms with Crippen molar-refractivity contribution in [3.63, 3.8) is 0 Å². The van der Waals surface area contributed by atoms with Gasteiger partial charge in [0.1, 0.15) is 12.7 Å². The summed E-state index contributed by atoms with van der Waals surface area (Å²) in [6.45, 7) is 3.34. The van der Waals surface area contributed by atoms with Crippen molar-refractivity contribution in [2.24, 2.45) is 0 Å². The quantitative estimate of drug-likeness (QED) is 0.0715. The van der Waals surface area contributed by atoms with E-state index in [1.165, 1.54) is 57.8 Å². The monoisotopic (exact) mass is 537 g/mol. The van der Waals surface area contributed by atoms with E-state index >= 15 is 0 Å². The van der Waals surface area contributed by atoms with Crippen LogP contribution in [0.5, 0.6) is 0 Å². The van der Waals surface area contributed by atoms with Crippen LogP contribution in [0.3, 0.4) is 0 Å². The van der Waals surface area contributed by atoms with E-state index in [2.05, 4.69) is 12.2 Å². The van der Waals surface area contributed by atoms with E-state index in [1.54, 1.807) is 0 Å². The lowest BCUT2D eigenvalue weighted by atomic mass is 10.0. The van der Waals surface area contributed by atoms with E-state index in [1.807, 2.05) is 6.92 Å². The van der Waals surface area contributed by atoms with Crippen molar-refractivity contribution >= 4 is 19.7 Å². The van der Waals surface area contributed by atoms with Gasteiger partial charge in [0.25, 0.3) is 0 Å². The van der Waals surface area contributed by atoms with Crippen molar-refractivity contribution in [1.29, 1.82) is 0 Å². The molecule has 36 heavy (non-hydrogen) atoms. The number of rotatable bonds is 26. The standard InChI is InChI=1S/C26H52NO8P/c1-3-5-7-8-9-10-11-12-13-14-15-17-19-26(30)33-22-24(28)23-35-36(31,32)34-21-20-27-25(29)18-16-6-4-2/h24,28H,3-23H2,1-2H3,(H,27,29)(H,31,32). The Morgan fingerprint density at radius 2 is 1.25 bits per heavy atom. The molecule has 0 radical (unpaired) electrons. The molecule has 9 nitrogen and oxygen atoms in total. The summed E-state index contributed by atoms with van der Waals surface area (Å²) >= 11 is 0. The molecule has 0 bridgehead atoms. The predicted octanol–water partition coefficient (Wildman–Crippen LogP) is 5.81. The maximum Gasteiger partial charge on any atom is 0.472 e. The fourth-order valence-electron chi connectivity index (χ4n) is 3.61. The lowest BCUT2D eigenvalue weighted by molar-refractivity contribution is -0.147. The molecule has 214 valence electrons. The highest BCUT2D eigenvalue weighted by Gasteiger charge is 2.23. The molecule has 0 rings (SSSR count). The van der Waals surface area contributed by atoms with E-state index in [-0.39, 0.29) is 32.1 Å². The first-order valence-electron chi connectivity index (χ1n) is 14.0. The molecule has 0 spiro atoms. The number of carbonyl (C=O) groups excluding carboxylic acids is 2. The molecule has 0 fully saturated rings. The second kappa shape index (κ2) is 24.4. The number of phosphoric acid groups is 1. The van der Waals surface area contributed by atoms with Crippen LogP contribution in [-0.4, -0.2) is 54.3 Å². The molecule has 0 saturated carbocycles. The predicted molar refractivity (Wildman–Crippen MR) is 142 cm³/mol. The van der Waals surface area contributed by atoms with E-state index in [0.717, 1.165) is 38.5 Å². The minimum Gasteiger partial charge on any atom is -0.463 e. The molecule has 0 saturated heterocycles. The zero-order chi connectivity index (χ0) is 26.9. The maximum absolute atomic E-state index is 11.8. The van der Waals surface area contributed by atoms with Crippen molar-refractivity contribution in [2.45, 2.75) is 129 Å². The highest BCUT2D eigenvalue weighted by atomic mass is 31.2. The normalized spacial score (nSPS) is 13.8. The molecule has 0 aromatic heterocycles. The van der Waals surface area contributed by atoms with E-state index in [0.29, 0.717) is 6.42 Å². The number of nitrogens with one attached hydrogen (secondary N) is 1. The van der Waals surface area contributed by atoms with Crippen molar-refractivity contribution in [3.8, 4) is 0 Å². The van der Waals surface area contributed by atoms with Gasteiger partial charge in [0.15, 0.2) is 0 Å². The number of amides is 1. The van der Waals surface area contributed by atoms with Crippen molar-refractivity contribution in [2.75, 3.05) is 26.4 Å². The van der Waals surface area contributed by atoms with Crippen LogP contribution in [-0.2, 0) is 27.9 Å². The molecule has 0 heterocycles. The van der Waals surface area contributed by atoms with Crippen molar-refractivity contribution in [1.82, 2.24) is 5.32 Å². The molecule has 3 N–H and O–H groups in total. The van der Waals surface area contributed by atoms with Crippen LogP contribution in [0.2, 0.25) is 0 Å². The Hall–Kier alpha value is -0.990. The number of esters is 1. The molecule has 0 aliphatic heterocycles. The first-order chi connectivity index (χ1) is 17.3. The van der Waals surface area contributed by atoms with Crippen LogP contribution in [0.25, 0.3) is 0 Å². The van der Waals surface area contributed by atoms with E-state index in [9.17, 15) is 24.2 Å². The lowest BCUT2D eigenvalue weighted by Crippen LogP contribution is -2.27. The van der Waals surface area contributed by atoms with Gasteiger partial charge in [-0.3, -0.25) is 18.6 Å². The summed E-state index contributed by atoms with van der Waals surface area (Å²) in [5.74, 6) is -0.541. The van der Waals surface area contributed by atoms with Crippen LogP contribution < -0.4 is 5.32 Å². The third-order valence-corrected chi connectivity index (χ3v) is 6.77. The highest BCUT2D eigenvalue weighted by Crippen LogP contribution is 2.42. The number of carbonyl (C=O) groups is 2. The molecule has 2 unspecified atom stereocenters. The fraction of sp³-hybridized carbons (Fsp3) is 0.923. The average molecular weight is 538 g/mol. The number of hydrogen-bond donors (Lipinski definition) is 3. The highest BCUT2D eigenvalue weighted by molar-refractivity contribution is 7.47. The third kappa shape index (κ3) is 24.7. The first-order valence-corrected chi connectivity index (χ1v) is 15.5. The number of unbranched alkanes of at least 4 members (excludes halogenated alkanes) is 13. The van der Waals surface area contributed by atoms with E-state index < -0.39 is 26.5 Å². The zero-order valence-electron chi connectivity index (χ0n) is 22.7. The molecule has 10 heteroatoms. The molecule has 0 aromatic rings. The lowest BCUT2D eigenvalue weighted by Gasteiger charge is -2.15. The second-order valence-electron chi connectivity index (χ2n) is 9.38. The summed E-state index contributed by atoms with van der Waals surface area (Å²) in [5, 5.41) is 12.4. The SMILES string of the molecule is CCCCCCCCCCCCCCC(=O)OCC(O)COP(=O)(O)OCCNC(=O)CCCCC. The van der Waals surface area contributed by atoms with E-state index in [4.69, 9.17) is 13.8 Å². The van der Waals surface area contributed by atoms with Gasteiger partial charge >= 0.3 is 13.8 Å². The molecule has 0 aliphatic carbocycles. The summed E-state index contributed by atoms with van der Waals surface area (Å²) in [6.07, 6.45) is 16.8. The Bertz CT molecular complexity index is 590. The second-order valence-corrected chi connectivity index (χ2v) is 10.8. The number of hydrogen-bond acceptors (Lipinski definition) is 7. The van der Waals surface area contributed by atoms with Gasteiger partial charge in [-0.05, 0) is 12.8 Å². The summed E-state index contributed by atoms with van der Waals surface area (Å²) < 4.78 is 26.3. The van der Waals surface area contributed by atoms with Crippen LogP contribution in [0.1, 0.15) is 123 Å². The third-order valence-electron chi connectivity index (χ3n) is 5.79. The number of aliphatic hydroxyl groups excluding tert-OH is 1. The van der Waals surface area contributed by atoms with Crippen molar-refractivity contribution < 1.29 is 37.9 Å². The summed E-state index contributed by atoms with van der Waals surface area (Å²) in [5.41, 5.74) is 0. The van der Waals surface area contributed by atoms with Gasteiger partial charge in [-0.1, -0.05) is 97.3 Å². The average Bonchev–Trinajstić information content (AvgIpc) is 2.85. The largest absolute Gasteiger partial charge is 0.472 e. The minimum atomic E-state index is -4.37. The topological polar surface area (TPSA) is 131 Å². The van der Waals surface area contributed by atoms with Gasteiger partial charge in [0, 0.05) is 19.4 Å². The Kier molecular flexibility index (Phi) is 23.7. The molecule has 2 atom stereocenters. The first kappa shape index (κ1) is 35.0. The molecular formula is C26H52NO8P. The van der Waals surface area contributed by atoms with Crippen molar-refractivity contribution in [3.05, 3.63) is 0 Å². The van der Waals surface area contributed by atoms with Gasteiger partial charge in [0.05, 0.1) is 13.2 Å². The van der Waals surface area contributed by atoms with Crippen LogP contribution >= 0.6 is 7.82 Å². The van der Waals surface area contributed by atoms with Gasteiger partial charge in [-0.2, -0.15) is 0 Å². The minimum absolute atomic E-state index is 0.0815. The van der Waals surface area contributed by atoms with Crippen LogP contribution in [0.4, 0.5) is 0 Å². The molecule has 1 amide bonds. The van der Waals surface area contributed by atoms with Crippen LogP contribution in [0, 0.1) is 0 Å². The fourth-order valence-corrected chi connectivity index (χ4v) is 4.37. The van der Waals surface area contributed by atoms with Gasteiger partial charge < -0.3 is 20.1 Å². The smallest absolute Gasteiger partial charge is 0.463 e. The Morgan fingerprint density at radius 1 is 0.750 bits per heavy atom. The maximum atomic E-state index is 11.8. The van der Waals surface area contributed by atoms with Gasteiger partial charge in [0.2, 0.25) is 5.91 Å². The van der Waals surface area contributed by atoms with Gasteiger partial charge in [-0.15, -0.1) is 0 Å².